The van der Waals surface area contributed by atoms with Crippen LogP contribution in [0.15, 0.2) is 81.0 Å². The van der Waals surface area contributed by atoms with E-state index >= 15 is 0 Å². The predicted octanol–water partition coefficient (Wildman–Crippen LogP) is 5.51. The molecule has 4 heteroatoms. The Labute approximate surface area is 171 Å². The smallest absolute Gasteiger partial charge is 0.410 e. The van der Waals surface area contributed by atoms with Gasteiger partial charge in [-0.2, -0.15) is 0 Å². The number of benzene rings is 1. The lowest BCUT2D eigenvalue weighted by molar-refractivity contribution is 0.0997. The summed E-state index contributed by atoms with van der Waals surface area (Å²) in [4.78, 5) is 13.6. The maximum absolute atomic E-state index is 11.9. The highest BCUT2D eigenvalue weighted by molar-refractivity contribution is 5.67. The number of allylic oxidation sites excluding steroid dienone is 2. The lowest BCUT2D eigenvalue weighted by Gasteiger charge is -2.20. The molecule has 0 radical (unpaired) electrons. The van der Waals surface area contributed by atoms with E-state index in [0.717, 1.165) is 37.9 Å². The molecule has 154 valence electrons. The van der Waals surface area contributed by atoms with Crippen LogP contribution in [0.1, 0.15) is 31.2 Å². The number of hydrogen-bond acceptors (Lipinski definition) is 3. The Morgan fingerprint density at radius 3 is 2.25 bits per heavy atom. The van der Waals surface area contributed by atoms with Crippen molar-refractivity contribution in [3.05, 3.63) is 86.5 Å². The minimum atomic E-state index is -0.298. The van der Waals surface area contributed by atoms with Crippen molar-refractivity contribution in [3.63, 3.8) is 0 Å². The number of carbonyl (C=O) groups excluding carboxylic acids is 1. The monoisotopic (exact) mass is 384 g/mol. The van der Waals surface area contributed by atoms with Crippen molar-refractivity contribution in [2.45, 2.75) is 32.3 Å². The largest absolute Gasteiger partial charge is 0.445 e. The van der Waals surface area contributed by atoms with Gasteiger partial charge in [-0.15, -0.1) is 26.3 Å². The molecule has 0 aliphatic carbocycles. The van der Waals surface area contributed by atoms with E-state index in [-0.39, 0.29) is 6.09 Å². The molecule has 1 N–H and O–H groups in total. The van der Waals surface area contributed by atoms with Gasteiger partial charge in [0.25, 0.3) is 0 Å². The fourth-order valence-corrected chi connectivity index (χ4v) is 2.23. The zero-order valence-corrected chi connectivity index (χ0v) is 17.2. The van der Waals surface area contributed by atoms with Crippen LogP contribution >= 0.6 is 0 Å². The number of nitrogens with one attached hydrogen (secondary N) is 1. The van der Waals surface area contributed by atoms with Gasteiger partial charge in [0.1, 0.15) is 6.61 Å². The fourth-order valence-electron chi connectivity index (χ4n) is 2.23. The molecule has 0 atom stereocenters. The molecule has 28 heavy (non-hydrogen) atoms. The average molecular weight is 385 g/mol. The number of hydrogen-bond donors (Lipinski definition) is 1. The summed E-state index contributed by atoms with van der Waals surface area (Å²) in [6.45, 7) is 18.0. The van der Waals surface area contributed by atoms with Gasteiger partial charge in [0.15, 0.2) is 0 Å². The second kappa shape index (κ2) is 19.2. The van der Waals surface area contributed by atoms with Gasteiger partial charge in [-0.1, -0.05) is 54.6 Å². The molecule has 0 saturated carbocycles. The Morgan fingerprint density at radius 1 is 0.964 bits per heavy atom. The first-order chi connectivity index (χ1) is 13.7. The standard InChI is InChI=1S/C16H21NO2.C8H15N/c1-3-5-9-13-17(12-4-2)16(18)19-14-15-10-7-6-8-11-15;1-3-5-6-8-9-7-4-2/h3-4,6-8,10-11H,1-2,5,9,12-14H2;3-4,9H,1-2,5-8H2. The third kappa shape index (κ3) is 14.6. The molecule has 1 rings (SSSR count). The molecule has 4 nitrogen and oxygen atoms in total. The van der Waals surface area contributed by atoms with E-state index in [1.165, 1.54) is 6.42 Å². The van der Waals surface area contributed by atoms with Crippen LogP contribution in [-0.4, -0.2) is 37.2 Å². The molecule has 0 saturated heterocycles. The van der Waals surface area contributed by atoms with Crippen molar-refractivity contribution in [3.8, 4) is 0 Å². The second-order valence-corrected chi connectivity index (χ2v) is 6.13. The molecule has 1 aromatic rings. The van der Waals surface area contributed by atoms with Gasteiger partial charge in [-0.3, -0.25) is 0 Å². The van der Waals surface area contributed by atoms with E-state index in [1.807, 2.05) is 48.6 Å². The van der Waals surface area contributed by atoms with E-state index in [2.05, 4.69) is 31.6 Å². The number of rotatable bonds is 14. The van der Waals surface area contributed by atoms with Crippen LogP contribution in [0.25, 0.3) is 0 Å². The Hall–Kier alpha value is -2.59. The first-order valence-electron chi connectivity index (χ1n) is 9.79. The molecule has 0 aliphatic heterocycles. The first-order valence-corrected chi connectivity index (χ1v) is 9.79. The van der Waals surface area contributed by atoms with Crippen LogP contribution < -0.4 is 5.32 Å². The molecule has 0 spiro atoms. The van der Waals surface area contributed by atoms with Gasteiger partial charge >= 0.3 is 6.09 Å². The van der Waals surface area contributed by atoms with E-state index in [0.29, 0.717) is 19.7 Å². The second-order valence-electron chi connectivity index (χ2n) is 6.13. The summed E-state index contributed by atoms with van der Waals surface area (Å²) in [6, 6.07) is 9.65. The maximum Gasteiger partial charge on any atom is 0.410 e. The summed E-state index contributed by atoms with van der Waals surface area (Å²) in [6.07, 6.45) is 11.1. The van der Waals surface area contributed by atoms with Crippen molar-refractivity contribution in [1.82, 2.24) is 10.2 Å². The zero-order chi connectivity index (χ0) is 20.9. The van der Waals surface area contributed by atoms with E-state index < -0.39 is 0 Å². The van der Waals surface area contributed by atoms with Gasteiger partial charge in [-0.05, 0) is 37.8 Å². The number of amides is 1. The van der Waals surface area contributed by atoms with Crippen LogP contribution in [0.3, 0.4) is 0 Å². The Kier molecular flexibility index (Phi) is 17.4. The quantitative estimate of drug-likeness (QED) is 0.340. The van der Waals surface area contributed by atoms with E-state index in [9.17, 15) is 4.79 Å². The molecule has 0 bridgehead atoms. The highest BCUT2D eigenvalue weighted by Crippen LogP contribution is 2.05. The molecule has 1 amide bonds. The third-order valence-electron chi connectivity index (χ3n) is 3.70. The van der Waals surface area contributed by atoms with Crippen LogP contribution in [0.5, 0.6) is 0 Å². The molecule has 0 fully saturated rings. The summed E-state index contributed by atoms with van der Waals surface area (Å²) < 4.78 is 5.29. The molecule has 0 aromatic heterocycles. The predicted molar refractivity (Wildman–Crippen MR) is 120 cm³/mol. The lowest BCUT2D eigenvalue weighted by atomic mass is 10.2. The van der Waals surface area contributed by atoms with Crippen LogP contribution in [-0.2, 0) is 11.3 Å². The Morgan fingerprint density at radius 2 is 1.64 bits per heavy atom. The molecule has 0 unspecified atom stereocenters. The maximum atomic E-state index is 11.9. The highest BCUT2D eigenvalue weighted by atomic mass is 16.6. The van der Waals surface area contributed by atoms with Crippen molar-refractivity contribution >= 4 is 6.09 Å². The van der Waals surface area contributed by atoms with Crippen molar-refractivity contribution in [1.29, 1.82) is 0 Å². The number of unbranched alkanes of at least 4 members (excludes halogenated alkanes) is 2. The Balaban J connectivity index is 0.000000684. The normalized spacial score (nSPS) is 9.43. The fraction of sp³-hybridized carbons (Fsp3) is 0.375. The molecule has 0 aliphatic rings. The summed E-state index contributed by atoms with van der Waals surface area (Å²) in [5.74, 6) is 0. The van der Waals surface area contributed by atoms with Gasteiger partial charge < -0.3 is 15.0 Å². The molecular weight excluding hydrogens is 348 g/mol. The molecular formula is C24H36N2O2. The van der Waals surface area contributed by atoms with Crippen LogP contribution in [0.4, 0.5) is 4.79 Å². The van der Waals surface area contributed by atoms with Gasteiger partial charge in [0.2, 0.25) is 0 Å². The summed E-state index contributed by atoms with van der Waals surface area (Å²) in [5, 5.41) is 3.20. The number of nitrogens with zero attached hydrogens (tertiary/aromatic N) is 1. The van der Waals surface area contributed by atoms with Crippen molar-refractivity contribution < 1.29 is 9.53 Å². The summed E-state index contributed by atoms with van der Waals surface area (Å²) in [7, 11) is 0. The first kappa shape index (κ1) is 25.4. The summed E-state index contributed by atoms with van der Waals surface area (Å²) in [5.41, 5.74) is 0.987. The topological polar surface area (TPSA) is 41.6 Å². The number of ether oxygens (including phenoxy) is 1. The molecule has 1 aromatic carbocycles. The highest BCUT2D eigenvalue weighted by Gasteiger charge is 2.12. The minimum Gasteiger partial charge on any atom is -0.445 e. The minimum absolute atomic E-state index is 0.298. The van der Waals surface area contributed by atoms with Gasteiger partial charge in [0.05, 0.1) is 0 Å². The van der Waals surface area contributed by atoms with Gasteiger partial charge in [0, 0.05) is 19.6 Å². The molecule has 0 heterocycles. The lowest BCUT2D eigenvalue weighted by Crippen LogP contribution is -2.32. The van der Waals surface area contributed by atoms with E-state index in [4.69, 9.17) is 4.74 Å². The number of carbonyl (C=O) groups is 1. The van der Waals surface area contributed by atoms with Crippen LogP contribution in [0.2, 0.25) is 0 Å². The SMILES string of the molecule is C=CCCCN(CC=C)C(=O)OCc1ccccc1.C=CCCCNCC=C. The summed E-state index contributed by atoms with van der Waals surface area (Å²) >= 11 is 0. The average Bonchev–Trinajstić information content (AvgIpc) is 2.73. The van der Waals surface area contributed by atoms with Gasteiger partial charge in [-0.25, -0.2) is 4.79 Å². The Bertz CT molecular complexity index is 545. The van der Waals surface area contributed by atoms with E-state index in [1.54, 1.807) is 11.0 Å². The zero-order valence-electron chi connectivity index (χ0n) is 17.2. The van der Waals surface area contributed by atoms with Crippen LogP contribution in [0, 0.1) is 0 Å². The third-order valence-corrected chi connectivity index (χ3v) is 3.70. The van der Waals surface area contributed by atoms with Crippen molar-refractivity contribution in [2.75, 3.05) is 26.2 Å². The van der Waals surface area contributed by atoms with Crippen molar-refractivity contribution in [2.24, 2.45) is 0 Å².